The Morgan fingerprint density at radius 3 is 2.10 bits per heavy atom. The van der Waals surface area contributed by atoms with Crippen LogP contribution in [-0.4, -0.2) is 14.8 Å². The predicted molar refractivity (Wildman–Crippen MR) is 195 cm³/mol. The molecule has 0 N–H and O–H groups in total. The van der Waals surface area contributed by atoms with Crippen LogP contribution >= 0.6 is 0 Å². The first-order chi connectivity index (χ1) is 23.0. The molecule has 0 saturated carbocycles. The van der Waals surface area contributed by atoms with Gasteiger partial charge in [0.2, 0.25) is 0 Å². The zero-order valence-electron chi connectivity index (χ0n) is 28.9. The number of rotatable bonds is 6. The van der Waals surface area contributed by atoms with Crippen LogP contribution in [0.15, 0.2) is 110 Å². The minimum atomic E-state index is -0.0816. The first-order valence-electron chi connectivity index (χ1n) is 16.3. The SMILES string of the molecule is Cc1cc(C(C)(C)C)cc(C(C)(C)C)c1N1[CH-]N(c2[c-]c(Oc3[c-]c(-n4cc(-c5ccccc5)cn4)ccc3)ccc2)c2cccnc21.[Pt]. The number of aromatic nitrogens is 3. The smallest absolute Gasteiger partial charge is 0.126 e. The molecular formula is C42H40N5OPt-3. The third-order valence-corrected chi connectivity index (χ3v) is 8.62. The van der Waals surface area contributed by atoms with Crippen LogP contribution in [0.1, 0.15) is 58.2 Å². The van der Waals surface area contributed by atoms with Crippen LogP contribution in [0.4, 0.5) is 22.9 Å². The fraction of sp³-hybridized carbons (Fsp3) is 0.214. The number of anilines is 4. The van der Waals surface area contributed by atoms with Crippen molar-refractivity contribution in [1.29, 1.82) is 0 Å². The van der Waals surface area contributed by atoms with Crippen molar-refractivity contribution in [3.8, 4) is 28.3 Å². The van der Waals surface area contributed by atoms with Crippen molar-refractivity contribution in [2.45, 2.75) is 59.3 Å². The minimum absolute atomic E-state index is 0. The Labute approximate surface area is 304 Å². The fourth-order valence-corrected chi connectivity index (χ4v) is 6.07. The third-order valence-electron chi connectivity index (χ3n) is 8.62. The predicted octanol–water partition coefficient (Wildman–Crippen LogP) is 10.6. The van der Waals surface area contributed by atoms with Gasteiger partial charge in [-0.15, -0.1) is 48.8 Å². The van der Waals surface area contributed by atoms with Gasteiger partial charge in [-0.25, -0.2) is 4.98 Å². The van der Waals surface area contributed by atoms with Crippen molar-refractivity contribution in [2.24, 2.45) is 0 Å². The van der Waals surface area contributed by atoms with Gasteiger partial charge in [-0.05, 0) is 57.8 Å². The number of hydrogen-bond acceptors (Lipinski definition) is 5. The molecule has 4 aromatic carbocycles. The van der Waals surface area contributed by atoms with Gasteiger partial charge in [0.1, 0.15) is 5.82 Å². The van der Waals surface area contributed by atoms with Crippen LogP contribution in [0.2, 0.25) is 0 Å². The Kier molecular flexibility index (Phi) is 9.30. The Hall–Kier alpha value is -4.67. The standard InChI is InChI=1S/C42H40N5O.Pt/c1-29-22-32(41(2,3)4)23-37(42(5,6)7)39(29)46-28-45(38-20-13-21-43-40(38)46)33-16-11-18-35(24-33)48-36-19-12-17-34(25-36)47-27-31(26-44-47)30-14-9-8-10-15-30;/h8-23,26-28H,1-7H3;/q-3;. The Morgan fingerprint density at radius 2 is 1.41 bits per heavy atom. The average Bonchev–Trinajstić information content (AvgIpc) is 3.71. The maximum atomic E-state index is 6.34. The summed E-state index contributed by atoms with van der Waals surface area (Å²) in [6.07, 6.45) is 5.72. The number of pyridine rings is 1. The molecule has 6 nitrogen and oxygen atoms in total. The van der Waals surface area contributed by atoms with E-state index in [4.69, 9.17) is 9.72 Å². The zero-order chi connectivity index (χ0) is 33.6. The molecule has 252 valence electrons. The summed E-state index contributed by atoms with van der Waals surface area (Å²) in [4.78, 5) is 9.23. The summed E-state index contributed by atoms with van der Waals surface area (Å²) >= 11 is 0. The molecule has 0 spiro atoms. The van der Waals surface area contributed by atoms with Crippen molar-refractivity contribution in [3.05, 3.63) is 145 Å². The van der Waals surface area contributed by atoms with Gasteiger partial charge in [0.15, 0.2) is 0 Å². The summed E-state index contributed by atoms with van der Waals surface area (Å²) in [5, 5.41) is 4.58. The van der Waals surface area contributed by atoms with Gasteiger partial charge in [0, 0.05) is 56.2 Å². The topological polar surface area (TPSA) is 46.4 Å². The first-order valence-corrected chi connectivity index (χ1v) is 16.3. The molecule has 6 aromatic rings. The molecule has 7 rings (SSSR count). The number of nitrogens with zero attached hydrogens (tertiary/aromatic N) is 5. The van der Waals surface area contributed by atoms with Crippen molar-refractivity contribution in [3.63, 3.8) is 0 Å². The summed E-state index contributed by atoms with van der Waals surface area (Å²) < 4.78 is 8.15. The minimum Gasteiger partial charge on any atom is -0.509 e. The molecule has 0 radical (unpaired) electrons. The molecule has 1 aliphatic heterocycles. The van der Waals surface area contributed by atoms with E-state index in [1.165, 1.54) is 16.7 Å². The fourth-order valence-electron chi connectivity index (χ4n) is 6.07. The zero-order valence-corrected chi connectivity index (χ0v) is 31.2. The number of benzene rings is 4. The van der Waals surface area contributed by atoms with E-state index in [0.717, 1.165) is 39.7 Å². The monoisotopic (exact) mass is 825 g/mol. The summed E-state index contributed by atoms with van der Waals surface area (Å²) in [7, 11) is 0. The first kappa shape index (κ1) is 34.2. The third kappa shape index (κ3) is 6.93. The van der Waals surface area contributed by atoms with Gasteiger partial charge in [0.05, 0.1) is 11.9 Å². The maximum Gasteiger partial charge on any atom is 0.126 e. The molecule has 1 aliphatic rings. The summed E-state index contributed by atoms with van der Waals surface area (Å²) in [6, 6.07) is 37.6. The largest absolute Gasteiger partial charge is 0.509 e. The van der Waals surface area contributed by atoms with Crippen LogP contribution in [0.5, 0.6) is 11.5 Å². The average molecular weight is 826 g/mol. The Morgan fingerprint density at radius 1 is 0.714 bits per heavy atom. The molecule has 49 heavy (non-hydrogen) atoms. The van der Waals surface area contributed by atoms with E-state index in [0.29, 0.717) is 11.5 Å². The van der Waals surface area contributed by atoms with Gasteiger partial charge in [-0.3, -0.25) is 4.68 Å². The van der Waals surface area contributed by atoms with Gasteiger partial charge in [-0.1, -0.05) is 84.0 Å². The van der Waals surface area contributed by atoms with E-state index in [9.17, 15) is 0 Å². The Bertz CT molecular complexity index is 2090. The van der Waals surface area contributed by atoms with Crippen molar-refractivity contribution in [2.75, 3.05) is 9.80 Å². The normalized spacial score (nSPS) is 12.9. The van der Waals surface area contributed by atoms with E-state index in [1.807, 2.05) is 83.9 Å². The Balaban J connectivity index is 0.00000417. The van der Waals surface area contributed by atoms with Gasteiger partial charge < -0.3 is 14.5 Å². The second kappa shape index (κ2) is 13.3. The summed E-state index contributed by atoms with van der Waals surface area (Å²) in [5.41, 5.74) is 9.71. The van der Waals surface area contributed by atoms with Crippen LogP contribution in [0.3, 0.4) is 0 Å². The van der Waals surface area contributed by atoms with Crippen molar-refractivity contribution < 1.29 is 25.8 Å². The van der Waals surface area contributed by atoms with Crippen molar-refractivity contribution >= 4 is 22.9 Å². The summed E-state index contributed by atoms with van der Waals surface area (Å²) in [5.74, 6) is 2.05. The van der Waals surface area contributed by atoms with E-state index >= 15 is 0 Å². The number of hydrogen-bond donors (Lipinski definition) is 0. The van der Waals surface area contributed by atoms with E-state index in [1.54, 1.807) is 0 Å². The van der Waals surface area contributed by atoms with E-state index in [2.05, 4.69) is 112 Å². The maximum absolute atomic E-state index is 6.34. The molecule has 0 fully saturated rings. The molecule has 0 unspecified atom stereocenters. The van der Waals surface area contributed by atoms with Crippen LogP contribution in [-0.2, 0) is 31.9 Å². The van der Waals surface area contributed by atoms with Crippen LogP contribution < -0.4 is 14.5 Å². The van der Waals surface area contributed by atoms with Crippen LogP contribution in [0.25, 0.3) is 16.8 Å². The number of ether oxygens (including phenoxy) is 1. The molecule has 2 aromatic heterocycles. The molecule has 0 amide bonds. The second-order valence-corrected chi connectivity index (χ2v) is 14.3. The van der Waals surface area contributed by atoms with Crippen molar-refractivity contribution in [1.82, 2.24) is 14.8 Å². The molecule has 0 saturated heterocycles. The molecule has 3 heterocycles. The number of aryl methyl sites for hydroxylation is 1. The van der Waals surface area contributed by atoms with E-state index in [-0.39, 0.29) is 31.9 Å². The molecule has 0 bridgehead atoms. The second-order valence-electron chi connectivity index (χ2n) is 14.3. The molecule has 0 atom stereocenters. The van der Waals surface area contributed by atoms with Gasteiger partial charge >= 0.3 is 0 Å². The summed E-state index contributed by atoms with van der Waals surface area (Å²) in [6.45, 7) is 18.0. The van der Waals surface area contributed by atoms with Gasteiger partial charge in [0.25, 0.3) is 0 Å². The molecule has 7 heteroatoms. The van der Waals surface area contributed by atoms with E-state index < -0.39 is 0 Å². The number of fused-ring (bicyclic) bond motifs is 1. The molecular weight excluding hydrogens is 786 g/mol. The molecule has 0 aliphatic carbocycles. The van der Waals surface area contributed by atoms with Gasteiger partial charge in [-0.2, -0.15) is 17.2 Å². The van der Waals surface area contributed by atoms with Crippen LogP contribution in [0, 0.1) is 25.7 Å². The quantitative estimate of drug-likeness (QED) is 0.157.